The predicted octanol–water partition coefficient (Wildman–Crippen LogP) is 4.12. The number of rotatable bonds is 4. The summed E-state index contributed by atoms with van der Waals surface area (Å²) < 4.78 is 0. The number of benzene rings is 1. The van der Waals surface area contributed by atoms with E-state index in [4.69, 9.17) is 0 Å². The molecule has 0 radical (unpaired) electrons. The normalized spacial score (nSPS) is 11.4. The summed E-state index contributed by atoms with van der Waals surface area (Å²) in [5.41, 5.74) is 2.58. The van der Waals surface area contributed by atoms with Gasteiger partial charge in [0.2, 0.25) is 0 Å². The lowest BCUT2D eigenvalue weighted by Crippen LogP contribution is -2.06. The Bertz CT molecular complexity index is 338. The molecule has 15 heavy (non-hydrogen) atoms. The number of anilines is 1. The standard InChI is InChI=1S/C14H19N/c1-4-10-15(11-5-2)14-9-7-8-13(6-3)12-14/h4-5,7-12H,6H2,1-3H3. The molecule has 0 aliphatic rings. The minimum absolute atomic E-state index is 1.08. The Morgan fingerprint density at radius 2 is 1.80 bits per heavy atom. The largest absolute Gasteiger partial charge is 0.325 e. The molecule has 0 bridgehead atoms. The highest BCUT2D eigenvalue weighted by Crippen LogP contribution is 2.17. The molecule has 0 N–H and O–H groups in total. The first-order valence-electron chi connectivity index (χ1n) is 5.44. The van der Waals surface area contributed by atoms with E-state index in [9.17, 15) is 0 Å². The van der Waals surface area contributed by atoms with Gasteiger partial charge in [0.25, 0.3) is 0 Å². The van der Waals surface area contributed by atoms with Gasteiger partial charge in [-0.2, -0.15) is 0 Å². The second kappa shape index (κ2) is 6.07. The van der Waals surface area contributed by atoms with Crippen LogP contribution in [-0.2, 0) is 6.42 Å². The highest BCUT2D eigenvalue weighted by Gasteiger charge is 1.98. The van der Waals surface area contributed by atoms with Crippen molar-refractivity contribution in [1.29, 1.82) is 0 Å². The van der Waals surface area contributed by atoms with E-state index in [0.29, 0.717) is 0 Å². The van der Waals surface area contributed by atoms with Gasteiger partial charge in [-0.1, -0.05) is 31.2 Å². The van der Waals surface area contributed by atoms with Crippen LogP contribution < -0.4 is 4.90 Å². The van der Waals surface area contributed by atoms with Gasteiger partial charge in [-0.25, -0.2) is 0 Å². The molecule has 0 aliphatic heterocycles. The highest BCUT2D eigenvalue weighted by molar-refractivity contribution is 5.53. The average Bonchev–Trinajstić information content (AvgIpc) is 2.29. The summed E-state index contributed by atoms with van der Waals surface area (Å²) in [4.78, 5) is 2.12. The number of aryl methyl sites for hydroxylation is 1. The molecule has 1 aromatic carbocycles. The van der Waals surface area contributed by atoms with Gasteiger partial charge < -0.3 is 4.90 Å². The van der Waals surface area contributed by atoms with Crippen molar-refractivity contribution >= 4 is 5.69 Å². The summed E-state index contributed by atoms with van der Waals surface area (Å²) in [7, 11) is 0. The molecule has 1 heteroatoms. The molecule has 0 aromatic heterocycles. The minimum Gasteiger partial charge on any atom is -0.325 e. The van der Waals surface area contributed by atoms with Gasteiger partial charge in [-0.3, -0.25) is 0 Å². The van der Waals surface area contributed by atoms with Crippen LogP contribution in [-0.4, -0.2) is 0 Å². The lowest BCUT2D eigenvalue weighted by molar-refractivity contribution is 1.13. The molecule has 0 saturated heterocycles. The van der Waals surface area contributed by atoms with Crippen LogP contribution in [0.3, 0.4) is 0 Å². The molecule has 0 amide bonds. The monoisotopic (exact) mass is 201 g/mol. The Labute approximate surface area is 92.7 Å². The summed E-state index contributed by atoms with van der Waals surface area (Å²) in [6.07, 6.45) is 9.29. The quantitative estimate of drug-likeness (QED) is 0.708. The molecule has 1 rings (SSSR count). The second-order valence-corrected chi connectivity index (χ2v) is 3.40. The van der Waals surface area contributed by atoms with E-state index in [1.165, 1.54) is 11.3 Å². The van der Waals surface area contributed by atoms with Crippen molar-refractivity contribution in [2.24, 2.45) is 0 Å². The number of hydrogen-bond donors (Lipinski definition) is 0. The van der Waals surface area contributed by atoms with Gasteiger partial charge in [0.05, 0.1) is 0 Å². The third-order valence-electron chi connectivity index (χ3n) is 2.24. The Balaban J connectivity index is 2.99. The lowest BCUT2D eigenvalue weighted by Gasteiger charge is -2.16. The van der Waals surface area contributed by atoms with Crippen LogP contribution in [0.4, 0.5) is 5.69 Å². The zero-order valence-corrected chi connectivity index (χ0v) is 9.77. The van der Waals surface area contributed by atoms with E-state index in [1.54, 1.807) is 0 Å². The second-order valence-electron chi connectivity index (χ2n) is 3.40. The number of hydrogen-bond acceptors (Lipinski definition) is 1. The Kier molecular flexibility index (Phi) is 4.69. The van der Waals surface area contributed by atoms with Crippen molar-refractivity contribution < 1.29 is 0 Å². The fraction of sp³-hybridized carbons (Fsp3) is 0.286. The fourth-order valence-electron chi connectivity index (χ4n) is 1.48. The first-order chi connectivity index (χ1) is 7.31. The summed E-state index contributed by atoms with van der Waals surface area (Å²) in [6, 6.07) is 8.61. The zero-order chi connectivity index (χ0) is 11.1. The van der Waals surface area contributed by atoms with Gasteiger partial charge in [-0.15, -0.1) is 0 Å². The Hall–Kier alpha value is -1.50. The highest BCUT2D eigenvalue weighted by atomic mass is 15.1. The van der Waals surface area contributed by atoms with Crippen LogP contribution in [0.1, 0.15) is 26.3 Å². The van der Waals surface area contributed by atoms with Gasteiger partial charge in [0.1, 0.15) is 0 Å². The molecule has 1 nitrogen and oxygen atoms in total. The molecule has 1 aromatic rings. The summed E-state index contributed by atoms with van der Waals surface area (Å²) >= 11 is 0. The van der Waals surface area contributed by atoms with E-state index < -0.39 is 0 Å². The Morgan fingerprint density at radius 3 is 2.33 bits per heavy atom. The van der Waals surface area contributed by atoms with E-state index in [-0.39, 0.29) is 0 Å². The summed E-state index contributed by atoms with van der Waals surface area (Å²) in [5, 5.41) is 0. The summed E-state index contributed by atoms with van der Waals surface area (Å²) in [6.45, 7) is 6.23. The van der Waals surface area contributed by atoms with Crippen LogP contribution in [0, 0.1) is 0 Å². The molecule has 0 aliphatic carbocycles. The van der Waals surface area contributed by atoms with Crippen LogP contribution in [0.5, 0.6) is 0 Å². The van der Waals surface area contributed by atoms with Gasteiger partial charge >= 0.3 is 0 Å². The summed E-state index contributed by atoms with van der Waals surface area (Å²) in [5.74, 6) is 0. The number of nitrogens with zero attached hydrogens (tertiary/aromatic N) is 1. The van der Waals surface area contributed by atoms with Crippen molar-refractivity contribution in [3.05, 3.63) is 54.4 Å². The molecular formula is C14H19N. The van der Waals surface area contributed by atoms with Crippen LogP contribution in [0.2, 0.25) is 0 Å². The van der Waals surface area contributed by atoms with Crippen LogP contribution in [0.25, 0.3) is 0 Å². The molecule has 0 heterocycles. The maximum atomic E-state index is 2.22. The van der Waals surface area contributed by atoms with Crippen molar-refractivity contribution in [3.63, 3.8) is 0 Å². The molecule has 0 atom stereocenters. The molecule has 0 spiro atoms. The topological polar surface area (TPSA) is 3.24 Å². The van der Waals surface area contributed by atoms with Crippen molar-refractivity contribution in [2.45, 2.75) is 27.2 Å². The maximum absolute atomic E-state index is 2.22. The fourth-order valence-corrected chi connectivity index (χ4v) is 1.48. The molecule has 0 fully saturated rings. The zero-order valence-electron chi connectivity index (χ0n) is 9.77. The van der Waals surface area contributed by atoms with E-state index in [1.807, 2.05) is 26.0 Å². The molecular weight excluding hydrogens is 182 g/mol. The van der Waals surface area contributed by atoms with Gasteiger partial charge in [-0.05, 0) is 38.0 Å². The van der Waals surface area contributed by atoms with Crippen LogP contribution >= 0.6 is 0 Å². The molecule has 0 unspecified atom stereocenters. The molecule has 80 valence electrons. The first kappa shape index (κ1) is 11.6. The smallest absolute Gasteiger partial charge is 0.0451 e. The number of allylic oxidation sites excluding steroid dienone is 2. The minimum atomic E-state index is 1.08. The third kappa shape index (κ3) is 3.28. The van der Waals surface area contributed by atoms with Gasteiger partial charge in [0, 0.05) is 18.1 Å². The van der Waals surface area contributed by atoms with Crippen molar-refractivity contribution in [2.75, 3.05) is 4.90 Å². The van der Waals surface area contributed by atoms with Crippen molar-refractivity contribution in [1.82, 2.24) is 0 Å². The maximum Gasteiger partial charge on any atom is 0.0451 e. The average molecular weight is 201 g/mol. The third-order valence-corrected chi connectivity index (χ3v) is 2.24. The lowest BCUT2D eigenvalue weighted by atomic mass is 10.1. The molecule has 0 saturated carbocycles. The van der Waals surface area contributed by atoms with Gasteiger partial charge in [0.15, 0.2) is 0 Å². The predicted molar refractivity (Wildman–Crippen MR) is 67.9 cm³/mol. The first-order valence-corrected chi connectivity index (χ1v) is 5.44. The Morgan fingerprint density at radius 1 is 1.13 bits per heavy atom. The van der Waals surface area contributed by atoms with Crippen molar-refractivity contribution in [3.8, 4) is 0 Å². The van der Waals surface area contributed by atoms with Crippen LogP contribution in [0.15, 0.2) is 48.8 Å². The van der Waals surface area contributed by atoms with E-state index >= 15 is 0 Å². The van der Waals surface area contributed by atoms with E-state index in [2.05, 4.69) is 48.5 Å². The SMILES string of the molecule is CC=CN(C=CC)c1cccc(CC)c1. The van der Waals surface area contributed by atoms with E-state index in [0.717, 1.165) is 6.42 Å².